The number of hydrogen-bond donors (Lipinski definition) is 1. The van der Waals surface area contributed by atoms with Gasteiger partial charge in [0, 0.05) is 12.0 Å². The van der Waals surface area contributed by atoms with Gasteiger partial charge in [-0.05, 0) is 24.6 Å². The number of hydrogen-bond acceptors (Lipinski definition) is 5. The lowest BCUT2D eigenvalue weighted by atomic mass is 9.98. The Morgan fingerprint density at radius 3 is 2.52 bits per heavy atom. The smallest absolute Gasteiger partial charge is 0.263 e. The Hall–Kier alpha value is -2.54. The molecule has 6 nitrogen and oxygen atoms in total. The molecule has 3 rings (SSSR count). The van der Waals surface area contributed by atoms with Crippen LogP contribution in [0.4, 0.5) is 0 Å². The molecule has 0 saturated heterocycles. The molecule has 2 heterocycles. The van der Waals surface area contributed by atoms with E-state index in [0.717, 1.165) is 22.0 Å². The average molecular weight is 355 g/mol. The van der Waals surface area contributed by atoms with Crippen molar-refractivity contribution in [3.8, 4) is 5.69 Å². The van der Waals surface area contributed by atoms with Crippen LogP contribution in [0.5, 0.6) is 0 Å². The number of rotatable bonds is 4. The second kappa shape index (κ2) is 6.76. The summed E-state index contributed by atoms with van der Waals surface area (Å²) >= 11 is 1.47. The number of nitrogens with zero attached hydrogens (tertiary/aromatic N) is 4. The van der Waals surface area contributed by atoms with Gasteiger partial charge in [-0.3, -0.25) is 4.79 Å². The molecule has 0 atom stereocenters. The molecule has 1 amide bonds. The summed E-state index contributed by atoms with van der Waals surface area (Å²) in [5.41, 5.74) is 2.69. The largest absolute Gasteiger partial charge is 0.347 e. The molecule has 0 spiro atoms. The van der Waals surface area contributed by atoms with Gasteiger partial charge >= 0.3 is 0 Å². The topological polar surface area (TPSA) is 72.7 Å². The SMILES string of the molecule is Cc1nc(C(C)(C)C)sc1C(=O)NCc1ccc(-n2cncn2)cc1. The zero-order chi connectivity index (χ0) is 18.0. The van der Waals surface area contributed by atoms with Crippen LogP contribution in [0.1, 0.15) is 46.7 Å². The highest BCUT2D eigenvalue weighted by Crippen LogP contribution is 2.29. The van der Waals surface area contributed by atoms with Crippen LogP contribution in [0.2, 0.25) is 0 Å². The first-order chi connectivity index (χ1) is 11.8. The van der Waals surface area contributed by atoms with Crippen LogP contribution < -0.4 is 5.32 Å². The van der Waals surface area contributed by atoms with E-state index in [2.05, 4.69) is 41.2 Å². The molecule has 25 heavy (non-hydrogen) atoms. The summed E-state index contributed by atoms with van der Waals surface area (Å²) in [7, 11) is 0. The predicted molar refractivity (Wildman–Crippen MR) is 98.1 cm³/mol. The second-order valence-electron chi connectivity index (χ2n) is 6.87. The third-order valence-electron chi connectivity index (χ3n) is 3.72. The number of nitrogens with one attached hydrogen (secondary N) is 1. The molecule has 0 bridgehead atoms. The van der Waals surface area contributed by atoms with Gasteiger partial charge in [-0.2, -0.15) is 5.10 Å². The lowest BCUT2D eigenvalue weighted by molar-refractivity contribution is 0.0954. The van der Waals surface area contributed by atoms with E-state index in [0.29, 0.717) is 11.4 Å². The Kier molecular flexibility index (Phi) is 4.67. The molecular weight excluding hydrogens is 334 g/mol. The Balaban J connectivity index is 1.65. The normalized spacial score (nSPS) is 11.5. The van der Waals surface area contributed by atoms with Crippen LogP contribution in [0.3, 0.4) is 0 Å². The molecule has 1 aromatic carbocycles. The van der Waals surface area contributed by atoms with Crippen molar-refractivity contribution >= 4 is 17.2 Å². The molecule has 0 aliphatic carbocycles. The zero-order valence-corrected chi connectivity index (χ0v) is 15.6. The summed E-state index contributed by atoms with van der Waals surface area (Å²) in [6, 6.07) is 7.84. The minimum Gasteiger partial charge on any atom is -0.347 e. The summed E-state index contributed by atoms with van der Waals surface area (Å²) in [6.45, 7) is 8.66. The number of thiazole rings is 1. The summed E-state index contributed by atoms with van der Waals surface area (Å²) in [6.07, 6.45) is 3.15. The number of carbonyl (C=O) groups excluding carboxylic acids is 1. The summed E-state index contributed by atoms with van der Waals surface area (Å²) in [5, 5.41) is 8.04. The first-order valence-electron chi connectivity index (χ1n) is 8.04. The van der Waals surface area contributed by atoms with Gasteiger partial charge in [0.05, 0.1) is 16.4 Å². The molecule has 1 N–H and O–H groups in total. The highest BCUT2D eigenvalue weighted by Gasteiger charge is 2.22. The molecule has 0 saturated carbocycles. The van der Waals surface area contributed by atoms with Gasteiger partial charge in [0.2, 0.25) is 0 Å². The van der Waals surface area contributed by atoms with Crippen molar-refractivity contribution in [3.63, 3.8) is 0 Å². The van der Waals surface area contributed by atoms with E-state index < -0.39 is 0 Å². The van der Waals surface area contributed by atoms with Gasteiger partial charge in [-0.15, -0.1) is 11.3 Å². The van der Waals surface area contributed by atoms with E-state index in [4.69, 9.17) is 0 Å². The maximum Gasteiger partial charge on any atom is 0.263 e. The molecule has 0 unspecified atom stereocenters. The van der Waals surface area contributed by atoms with E-state index in [1.54, 1.807) is 11.0 Å². The maximum absolute atomic E-state index is 12.5. The molecule has 7 heteroatoms. The van der Waals surface area contributed by atoms with Gasteiger partial charge in [0.25, 0.3) is 5.91 Å². The predicted octanol–water partition coefficient (Wildman–Crippen LogP) is 3.26. The third kappa shape index (κ3) is 3.93. The van der Waals surface area contributed by atoms with Crippen molar-refractivity contribution in [2.75, 3.05) is 0 Å². The molecule has 2 aromatic heterocycles. The van der Waals surface area contributed by atoms with Gasteiger partial charge in [0.15, 0.2) is 0 Å². The Morgan fingerprint density at radius 1 is 1.24 bits per heavy atom. The van der Waals surface area contributed by atoms with Crippen LogP contribution in [0, 0.1) is 6.92 Å². The molecule has 3 aromatic rings. The fraction of sp³-hybridized carbons (Fsp3) is 0.333. The van der Waals surface area contributed by atoms with Crippen molar-refractivity contribution in [3.05, 3.63) is 58.1 Å². The van der Waals surface area contributed by atoms with Crippen LogP contribution in [-0.4, -0.2) is 25.7 Å². The lowest BCUT2D eigenvalue weighted by Gasteiger charge is -2.13. The van der Waals surface area contributed by atoms with Crippen LogP contribution >= 0.6 is 11.3 Å². The van der Waals surface area contributed by atoms with Gasteiger partial charge in [-0.1, -0.05) is 32.9 Å². The lowest BCUT2D eigenvalue weighted by Crippen LogP contribution is -2.22. The number of aryl methyl sites for hydroxylation is 1. The fourth-order valence-electron chi connectivity index (χ4n) is 2.30. The van der Waals surface area contributed by atoms with Crippen LogP contribution in [0.25, 0.3) is 5.69 Å². The van der Waals surface area contributed by atoms with E-state index in [1.807, 2.05) is 31.2 Å². The first-order valence-corrected chi connectivity index (χ1v) is 8.86. The van der Waals surface area contributed by atoms with Gasteiger partial charge in [0.1, 0.15) is 17.5 Å². The Labute approximate surface area is 150 Å². The highest BCUT2D eigenvalue weighted by atomic mass is 32.1. The van der Waals surface area contributed by atoms with E-state index in [-0.39, 0.29) is 11.3 Å². The fourth-order valence-corrected chi connectivity index (χ4v) is 3.34. The highest BCUT2D eigenvalue weighted by molar-refractivity contribution is 7.14. The van der Waals surface area contributed by atoms with Gasteiger partial charge < -0.3 is 5.32 Å². The molecule has 0 radical (unpaired) electrons. The quantitative estimate of drug-likeness (QED) is 0.780. The van der Waals surface area contributed by atoms with Crippen molar-refractivity contribution in [1.82, 2.24) is 25.1 Å². The summed E-state index contributed by atoms with van der Waals surface area (Å²) in [5.74, 6) is -0.0779. The molecule has 0 aliphatic rings. The molecule has 0 fully saturated rings. The van der Waals surface area contributed by atoms with Crippen LogP contribution in [-0.2, 0) is 12.0 Å². The second-order valence-corrected chi connectivity index (χ2v) is 7.87. The van der Waals surface area contributed by atoms with Gasteiger partial charge in [-0.25, -0.2) is 14.6 Å². The summed E-state index contributed by atoms with van der Waals surface area (Å²) < 4.78 is 1.69. The van der Waals surface area contributed by atoms with Crippen molar-refractivity contribution in [2.24, 2.45) is 0 Å². The van der Waals surface area contributed by atoms with E-state index >= 15 is 0 Å². The Morgan fingerprint density at radius 2 is 1.96 bits per heavy atom. The monoisotopic (exact) mass is 355 g/mol. The number of amides is 1. The summed E-state index contributed by atoms with van der Waals surface area (Å²) in [4.78, 5) is 21.6. The number of aromatic nitrogens is 4. The Bertz CT molecular complexity index is 860. The van der Waals surface area contributed by atoms with E-state index in [9.17, 15) is 4.79 Å². The van der Waals surface area contributed by atoms with Crippen molar-refractivity contribution in [2.45, 2.75) is 39.7 Å². The molecular formula is C18H21N5OS. The number of benzene rings is 1. The minimum atomic E-state index is -0.0779. The van der Waals surface area contributed by atoms with Crippen molar-refractivity contribution in [1.29, 1.82) is 0 Å². The standard InChI is InChI=1S/C18H21N5OS/c1-12-15(25-17(22-12)18(2,3)4)16(24)20-9-13-5-7-14(8-6-13)23-11-19-10-21-23/h5-8,10-11H,9H2,1-4H3,(H,20,24). The third-order valence-corrected chi connectivity index (χ3v) is 5.30. The average Bonchev–Trinajstić information content (AvgIpc) is 3.22. The molecule has 130 valence electrons. The zero-order valence-electron chi connectivity index (χ0n) is 14.8. The number of carbonyl (C=O) groups is 1. The van der Waals surface area contributed by atoms with Crippen molar-refractivity contribution < 1.29 is 4.79 Å². The van der Waals surface area contributed by atoms with E-state index in [1.165, 1.54) is 17.7 Å². The minimum absolute atomic E-state index is 0.0505. The maximum atomic E-state index is 12.5. The first kappa shape index (κ1) is 17.3. The molecule has 0 aliphatic heterocycles. The van der Waals surface area contributed by atoms with Crippen LogP contribution in [0.15, 0.2) is 36.9 Å².